The monoisotopic (exact) mass is 356 g/mol. The fraction of sp³-hybridized carbons (Fsp3) is 0.421. The molecule has 26 heavy (non-hydrogen) atoms. The zero-order chi connectivity index (χ0) is 18.7. The number of rotatable bonds is 5. The van der Waals surface area contributed by atoms with Crippen molar-refractivity contribution in [2.75, 3.05) is 26.8 Å². The number of aromatic nitrogens is 2. The molecule has 0 radical (unpaired) electrons. The van der Waals surface area contributed by atoms with E-state index in [2.05, 4.69) is 10.3 Å². The SMILES string of the molecule is COCCNC(=O)c1cn2c(n1)[C@H](C)N(C(=O)c1cccc(C)c1)CC2. The first-order chi connectivity index (χ1) is 12.5. The van der Waals surface area contributed by atoms with Gasteiger partial charge < -0.3 is 19.5 Å². The summed E-state index contributed by atoms with van der Waals surface area (Å²) in [4.78, 5) is 31.4. The van der Waals surface area contributed by atoms with Crippen LogP contribution in [0.1, 0.15) is 45.2 Å². The molecule has 7 nitrogen and oxygen atoms in total. The van der Waals surface area contributed by atoms with Crippen LogP contribution < -0.4 is 5.32 Å². The Balaban J connectivity index is 1.76. The highest BCUT2D eigenvalue weighted by molar-refractivity contribution is 5.95. The summed E-state index contributed by atoms with van der Waals surface area (Å²) < 4.78 is 6.89. The Morgan fingerprint density at radius 3 is 2.88 bits per heavy atom. The van der Waals surface area contributed by atoms with E-state index in [1.54, 1.807) is 13.3 Å². The summed E-state index contributed by atoms with van der Waals surface area (Å²) in [5.41, 5.74) is 2.10. The van der Waals surface area contributed by atoms with Crippen molar-refractivity contribution in [2.24, 2.45) is 0 Å². The number of carbonyl (C=O) groups is 2. The van der Waals surface area contributed by atoms with Gasteiger partial charge in [0, 0.05) is 38.5 Å². The normalized spacial score (nSPS) is 16.3. The molecule has 1 aromatic heterocycles. The standard InChI is InChI=1S/C19H24N4O3/c1-13-5-4-6-15(11-13)19(25)23-9-8-22-12-16(21-17(22)14(23)2)18(24)20-7-10-26-3/h4-6,11-12,14H,7-10H2,1-3H3,(H,20,24)/t14-/m0/s1. The maximum Gasteiger partial charge on any atom is 0.271 e. The van der Waals surface area contributed by atoms with Gasteiger partial charge in [0.25, 0.3) is 11.8 Å². The first kappa shape index (κ1) is 18.1. The second kappa shape index (κ2) is 7.70. The number of nitrogens with zero attached hydrogens (tertiary/aromatic N) is 3. The largest absolute Gasteiger partial charge is 0.383 e. The topological polar surface area (TPSA) is 76.5 Å². The summed E-state index contributed by atoms with van der Waals surface area (Å²) in [5, 5.41) is 2.77. The molecule has 1 aromatic carbocycles. The highest BCUT2D eigenvalue weighted by Gasteiger charge is 2.31. The average molecular weight is 356 g/mol. The Labute approximate surface area is 153 Å². The van der Waals surface area contributed by atoms with Crippen LogP contribution in [0.15, 0.2) is 30.5 Å². The molecule has 0 spiro atoms. The quantitative estimate of drug-likeness (QED) is 0.829. The third-order valence-corrected chi connectivity index (χ3v) is 4.58. The van der Waals surface area contributed by atoms with Crippen molar-refractivity contribution in [3.63, 3.8) is 0 Å². The first-order valence-corrected chi connectivity index (χ1v) is 8.73. The lowest BCUT2D eigenvalue weighted by molar-refractivity contribution is 0.0637. The van der Waals surface area contributed by atoms with E-state index < -0.39 is 0 Å². The number of benzene rings is 1. The van der Waals surface area contributed by atoms with Gasteiger partial charge in [-0.05, 0) is 26.0 Å². The molecule has 0 unspecified atom stereocenters. The number of fused-ring (bicyclic) bond motifs is 1. The van der Waals surface area contributed by atoms with Crippen LogP contribution in [0.25, 0.3) is 0 Å². The Morgan fingerprint density at radius 1 is 1.35 bits per heavy atom. The molecule has 138 valence electrons. The minimum absolute atomic E-state index is 0.0125. The van der Waals surface area contributed by atoms with Gasteiger partial charge in [-0.1, -0.05) is 17.7 Å². The third-order valence-electron chi connectivity index (χ3n) is 4.58. The van der Waals surface area contributed by atoms with Gasteiger partial charge in [0.15, 0.2) is 0 Å². The molecule has 1 aliphatic rings. The Morgan fingerprint density at radius 2 is 2.15 bits per heavy atom. The van der Waals surface area contributed by atoms with Gasteiger partial charge in [0.05, 0.1) is 12.6 Å². The average Bonchev–Trinajstić information content (AvgIpc) is 3.07. The molecule has 0 bridgehead atoms. The van der Waals surface area contributed by atoms with Crippen molar-refractivity contribution < 1.29 is 14.3 Å². The van der Waals surface area contributed by atoms with Crippen LogP contribution in [0, 0.1) is 6.92 Å². The molecule has 1 atom stereocenters. The van der Waals surface area contributed by atoms with E-state index in [1.807, 2.05) is 47.6 Å². The van der Waals surface area contributed by atoms with Crippen LogP contribution in [-0.2, 0) is 11.3 Å². The number of carbonyl (C=O) groups excluding carboxylic acids is 2. The molecule has 0 saturated heterocycles. The highest BCUT2D eigenvalue weighted by atomic mass is 16.5. The summed E-state index contributed by atoms with van der Waals surface area (Å²) in [7, 11) is 1.59. The number of amides is 2. The van der Waals surface area contributed by atoms with Crippen molar-refractivity contribution in [3.05, 3.63) is 53.1 Å². The lowest BCUT2D eigenvalue weighted by atomic mass is 10.1. The van der Waals surface area contributed by atoms with Crippen LogP contribution in [0.3, 0.4) is 0 Å². The highest BCUT2D eigenvalue weighted by Crippen LogP contribution is 2.26. The molecule has 1 N–H and O–H groups in total. The fourth-order valence-electron chi connectivity index (χ4n) is 3.18. The van der Waals surface area contributed by atoms with E-state index >= 15 is 0 Å². The number of ether oxygens (including phenoxy) is 1. The molecular formula is C19H24N4O3. The fourth-order valence-corrected chi connectivity index (χ4v) is 3.18. The predicted octanol–water partition coefficient (Wildman–Crippen LogP) is 1.78. The van der Waals surface area contributed by atoms with E-state index in [0.29, 0.717) is 37.5 Å². The molecule has 0 fully saturated rings. The molecule has 1 aliphatic heterocycles. The molecule has 2 heterocycles. The van der Waals surface area contributed by atoms with Crippen LogP contribution in [0.2, 0.25) is 0 Å². The van der Waals surface area contributed by atoms with Crippen molar-refractivity contribution in [1.82, 2.24) is 19.8 Å². The van der Waals surface area contributed by atoms with Crippen molar-refractivity contribution >= 4 is 11.8 Å². The number of imidazole rings is 1. The molecule has 2 amide bonds. The maximum atomic E-state index is 12.9. The summed E-state index contributed by atoms with van der Waals surface area (Å²) in [6, 6.07) is 7.39. The van der Waals surface area contributed by atoms with Crippen molar-refractivity contribution in [3.8, 4) is 0 Å². The predicted molar refractivity (Wildman–Crippen MR) is 97.1 cm³/mol. The Kier molecular flexibility index (Phi) is 5.37. The van der Waals surface area contributed by atoms with Gasteiger partial charge >= 0.3 is 0 Å². The van der Waals surface area contributed by atoms with Crippen molar-refractivity contribution in [2.45, 2.75) is 26.4 Å². The van der Waals surface area contributed by atoms with E-state index in [-0.39, 0.29) is 17.9 Å². The van der Waals surface area contributed by atoms with Gasteiger partial charge in [-0.25, -0.2) is 4.98 Å². The van der Waals surface area contributed by atoms with Gasteiger partial charge in [0.2, 0.25) is 0 Å². The second-order valence-electron chi connectivity index (χ2n) is 6.47. The molecule has 0 aliphatic carbocycles. The van der Waals surface area contributed by atoms with E-state index in [4.69, 9.17) is 4.74 Å². The zero-order valence-corrected chi connectivity index (χ0v) is 15.4. The molecular weight excluding hydrogens is 332 g/mol. The third kappa shape index (κ3) is 3.62. The smallest absolute Gasteiger partial charge is 0.271 e. The zero-order valence-electron chi connectivity index (χ0n) is 15.4. The lowest BCUT2D eigenvalue weighted by Crippen LogP contribution is -2.41. The summed E-state index contributed by atoms with van der Waals surface area (Å²) in [6.45, 7) is 6.01. The van der Waals surface area contributed by atoms with Crippen molar-refractivity contribution in [1.29, 1.82) is 0 Å². The number of methoxy groups -OCH3 is 1. The number of nitrogens with one attached hydrogen (secondary N) is 1. The first-order valence-electron chi connectivity index (χ1n) is 8.73. The minimum atomic E-state index is -0.229. The van der Waals surface area contributed by atoms with Gasteiger partial charge in [-0.3, -0.25) is 9.59 Å². The van der Waals surface area contributed by atoms with Gasteiger partial charge in [0.1, 0.15) is 11.5 Å². The molecule has 3 rings (SSSR count). The van der Waals surface area contributed by atoms with Crippen LogP contribution >= 0.6 is 0 Å². The Hall–Kier alpha value is -2.67. The summed E-state index contributed by atoms with van der Waals surface area (Å²) >= 11 is 0. The lowest BCUT2D eigenvalue weighted by Gasteiger charge is -2.33. The van der Waals surface area contributed by atoms with Crippen LogP contribution in [-0.4, -0.2) is 53.1 Å². The second-order valence-corrected chi connectivity index (χ2v) is 6.47. The van der Waals surface area contributed by atoms with Gasteiger partial charge in [-0.15, -0.1) is 0 Å². The van der Waals surface area contributed by atoms with Crippen LogP contribution in [0.5, 0.6) is 0 Å². The Bertz CT molecular complexity index is 815. The molecule has 0 saturated carbocycles. The maximum absolute atomic E-state index is 12.9. The van der Waals surface area contributed by atoms with E-state index in [0.717, 1.165) is 11.4 Å². The molecule has 2 aromatic rings. The van der Waals surface area contributed by atoms with Crippen LogP contribution in [0.4, 0.5) is 0 Å². The summed E-state index contributed by atoms with van der Waals surface area (Å²) in [6.07, 6.45) is 1.75. The summed E-state index contributed by atoms with van der Waals surface area (Å²) in [5.74, 6) is 0.489. The minimum Gasteiger partial charge on any atom is -0.383 e. The van der Waals surface area contributed by atoms with Gasteiger partial charge in [-0.2, -0.15) is 0 Å². The van der Waals surface area contributed by atoms with E-state index in [9.17, 15) is 9.59 Å². The number of aryl methyl sites for hydroxylation is 1. The molecule has 7 heteroatoms. The number of hydrogen-bond acceptors (Lipinski definition) is 4. The number of hydrogen-bond donors (Lipinski definition) is 1. The van der Waals surface area contributed by atoms with E-state index in [1.165, 1.54) is 0 Å².